The molecule has 0 saturated carbocycles. The molecule has 0 N–H and O–H groups in total. The fourth-order valence-electron chi connectivity index (χ4n) is 1.74. The van der Waals surface area contributed by atoms with Gasteiger partial charge in [-0.1, -0.05) is 44.2 Å². The third kappa shape index (κ3) is 6.40. The van der Waals surface area contributed by atoms with Crippen molar-refractivity contribution in [3.05, 3.63) is 35.9 Å². The number of carbonyl (C=O) groups excluding carboxylic acids is 3. The van der Waals surface area contributed by atoms with Gasteiger partial charge in [0.2, 0.25) is 0 Å². The van der Waals surface area contributed by atoms with Crippen molar-refractivity contribution in [2.24, 2.45) is 5.41 Å². The van der Waals surface area contributed by atoms with Crippen LogP contribution in [0.15, 0.2) is 30.3 Å². The highest BCUT2D eigenvalue weighted by Gasteiger charge is 2.38. The largest absolute Gasteiger partial charge is 0.464 e. The molecular formula is C18H24O6. The second-order valence-corrected chi connectivity index (χ2v) is 5.65. The van der Waals surface area contributed by atoms with E-state index >= 15 is 0 Å². The van der Waals surface area contributed by atoms with Crippen LogP contribution in [0.5, 0.6) is 0 Å². The Labute approximate surface area is 142 Å². The highest BCUT2D eigenvalue weighted by molar-refractivity contribution is 5.78. The first-order valence-corrected chi connectivity index (χ1v) is 7.93. The molecule has 0 bridgehead atoms. The van der Waals surface area contributed by atoms with Crippen molar-refractivity contribution in [1.82, 2.24) is 0 Å². The van der Waals surface area contributed by atoms with E-state index in [2.05, 4.69) is 0 Å². The fourth-order valence-corrected chi connectivity index (χ4v) is 1.74. The van der Waals surface area contributed by atoms with E-state index in [-0.39, 0.29) is 32.7 Å². The first kappa shape index (κ1) is 19.7. The average molecular weight is 336 g/mol. The molecule has 1 rings (SSSR count). The van der Waals surface area contributed by atoms with Crippen LogP contribution in [0.25, 0.3) is 0 Å². The molecule has 0 fully saturated rings. The Kier molecular flexibility index (Phi) is 7.95. The molecule has 132 valence electrons. The van der Waals surface area contributed by atoms with E-state index in [4.69, 9.17) is 14.2 Å². The quantitative estimate of drug-likeness (QED) is 0.509. The predicted octanol–water partition coefficient (Wildman–Crippen LogP) is 2.64. The summed E-state index contributed by atoms with van der Waals surface area (Å²) < 4.78 is 15.4. The second kappa shape index (κ2) is 9.70. The molecule has 0 spiro atoms. The fraction of sp³-hybridized carbons (Fsp3) is 0.500. The summed E-state index contributed by atoms with van der Waals surface area (Å²) in [6.07, 6.45) is 0.397. The summed E-state index contributed by atoms with van der Waals surface area (Å²) in [5.41, 5.74) is -0.408. The summed E-state index contributed by atoms with van der Waals surface area (Å²) in [5.74, 6) is -1.45. The van der Waals surface area contributed by atoms with E-state index in [9.17, 15) is 14.4 Å². The molecule has 6 nitrogen and oxygen atoms in total. The van der Waals surface area contributed by atoms with Gasteiger partial charge in [-0.05, 0) is 12.5 Å². The van der Waals surface area contributed by atoms with E-state index in [1.165, 1.54) is 0 Å². The number of esters is 3. The Balaban J connectivity index is 2.71. The Hall–Kier alpha value is -2.37. The number of rotatable bonds is 9. The highest BCUT2D eigenvalue weighted by Crippen LogP contribution is 2.21. The summed E-state index contributed by atoms with van der Waals surface area (Å²) >= 11 is 0. The first-order chi connectivity index (χ1) is 11.4. The van der Waals surface area contributed by atoms with Gasteiger partial charge in [-0.2, -0.15) is 0 Å². The molecule has 1 aromatic carbocycles. The monoisotopic (exact) mass is 336 g/mol. The van der Waals surface area contributed by atoms with Gasteiger partial charge in [0.15, 0.2) is 0 Å². The van der Waals surface area contributed by atoms with Gasteiger partial charge in [-0.25, -0.2) is 0 Å². The van der Waals surface area contributed by atoms with Gasteiger partial charge in [-0.3, -0.25) is 14.4 Å². The van der Waals surface area contributed by atoms with E-state index < -0.39 is 23.3 Å². The molecule has 0 atom stereocenters. The van der Waals surface area contributed by atoms with E-state index in [1.54, 1.807) is 20.8 Å². The number of benzene rings is 1. The molecule has 1 aromatic rings. The minimum Gasteiger partial charge on any atom is -0.464 e. The summed E-state index contributed by atoms with van der Waals surface area (Å²) in [6.45, 7) is 4.55. The second-order valence-electron chi connectivity index (χ2n) is 5.65. The lowest BCUT2D eigenvalue weighted by atomic mass is 9.93. The van der Waals surface area contributed by atoms with Crippen molar-refractivity contribution in [3.63, 3.8) is 0 Å². The molecule has 0 amide bonds. The Morgan fingerprint density at radius 3 is 1.83 bits per heavy atom. The molecule has 0 aromatic heterocycles. The van der Waals surface area contributed by atoms with Gasteiger partial charge in [0, 0.05) is 12.8 Å². The van der Waals surface area contributed by atoms with Crippen LogP contribution < -0.4 is 0 Å². The smallest absolute Gasteiger partial charge is 0.319 e. The van der Waals surface area contributed by atoms with Crippen molar-refractivity contribution in [2.75, 3.05) is 13.2 Å². The number of ether oxygens (including phenoxy) is 3. The van der Waals surface area contributed by atoms with Crippen LogP contribution in [0.1, 0.15) is 39.2 Å². The maximum Gasteiger partial charge on any atom is 0.319 e. The Morgan fingerprint density at radius 2 is 1.38 bits per heavy atom. The first-order valence-electron chi connectivity index (χ1n) is 7.93. The predicted molar refractivity (Wildman–Crippen MR) is 86.8 cm³/mol. The number of hydrogen-bond donors (Lipinski definition) is 0. The van der Waals surface area contributed by atoms with Crippen LogP contribution in [0, 0.1) is 5.41 Å². The van der Waals surface area contributed by atoms with Gasteiger partial charge in [0.1, 0.15) is 25.2 Å². The van der Waals surface area contributed by atoms with Crippen molar-refractivity contribution in [1.29, 1.82) is 0 Å². The number of carbonyl (C=O) groups is 3. The molecule has 0 heterocycles. The molecule has 0 aliphatic heterocycles. The zero-order valence-corrected chi connectivity index (χ0v) is 14.4. The minimum absolute atomic E-state index is 0.0959. The standard InChI is InChI=1S/C18H24O6/c1-4-15(19)23-12-18(3,13-24-16(20)5-2)17(21)22-11-14-9-7-6-8-10-14/h6-10H,4-5,11-13H2,1-3H3. The molecule has 6 heteroatoms. The topological polar surface area (TPSA) is 78.9 Å². The van der Waals surface area contributed by atoms with Crippen molar-refractivity contribution in [2.45, 2.75) is 40.2 Å². The van der Waals surface area contributed by atoms with E-state index in [0.29, 0.717) is 0 Å². The Bertz CT molecular complexity index is 532. The lowest BCUT2D eigenvalue weighted by molar-refractivity contribution is -0.171. The third-order valence-electron chi connectivity index (χ3n) is 3.39. The molecule has 24 heavy (non-hydrogen) atoms. The lowest BCUT2D eigenvalue weighted by Gasteiger charge is -2.26. The summed E-state index contributed by atoms with van der Waals surface area (Å²) in [7, 11) is 0. The van der Waals surface area contributed by atoms with Gasteiger partial charge < -0.3 is 14.2 Å². The van der Waals surface area contributed by atoms with Crippen LogP contribution >= 0.6 is 0 Å². The average Bonchev–Trinajstić information content (AvgIpc) is 2.62. The normalized spacial score (nSPS) is 10.8. The Morgan fingerprint density at radius 1 is 0.875 bits per heavy atom. The van der Waals surface area contributed by atoms with Crippen LogP contribution in [0.3, 0.4) is 0 Å². The molecule has 0 aliphatic rings. The minimum atomic E-state index is -1.25. The summed E-state index contributed by atoms with van der Waals surface area (Å²) in [5, 5.41) is 0. The van der Waals surface area contributed by atoms with Crippen molar-refractivity contribution >= 4 is 17.9 Å². The van der Waals surface area contributed by atoms with Crippen molar-refractivity contribution in [3.8, 4) is 0 Å². The zero-order valence-electron chi connectivity index (χ0n) is 14.4. The molecule has 0 saturated heterocycles. The SMILES string of the molecule is CCC(=O)OCC(C)(COC(=O)CC)C(=O)OCc1ccccc1. The van der Waals surface area contributed by atoms with Crippen LogP contribution in [-0.4, -0.2) is 31.1 Å². The summed E-state index contributed by atoms with van der Waals surface area (Å²) in [4.78, 5) is 35.2. The van der Waals surface area contributed by atoms with Gasteiger partial charge in [-0.15, -0.1) is 0 Å². The molecular weight excluding hydrogens is 312 g/mol. The van der Waals surface area contributed by atoms with Gasteiger partial charge in [0.25, 0.3) is 0 Å². The number of hydrogen-bond acceptors (Lipinski definition) is 6. The lowest BCUT2D eigenvalue weighted by Crippen LogP contribution is -2.40. The van der Waals surface area contributed by atoms with E-state index in [0.717, 1.165) is 5.56 Å². The van der Waals surface area contributed by atoms with Gasteiger partial charge in [0.05, 0.1) is 0 Å². The van der Waals surface area contributed by atoms with Crippen LogP contribution in [0.4, 0.5) is 0 Å². The van der Waals surface area contributed by atoms with Crippen LogP contribution in [-0.2, 0) is 35.2 Å². The third-order valence-corrected chi connectivity index (χ3v) is 3.39. The van der Waals surface area contributed by atoms with Gasteiger partial charge >= 0.3 is 17.9 Å². The zero-order chi connectivity index (χ0) is 18.0. The maximum absolute atomic E-state index is 12.4. The van der Waals surface area contributed by atoms with E-state index in [1.807, 2.05) is 30.3 Å². The highest BCUT2D eigenvalue weighted by atomic mass is 16.6. The molecule has 0 radical (unpaired) electrons. The molecule has 0 unspecified atom stereocenters. The van der Waals surface area contributed by atoms with Crippen LogP contribution in [0.2, 0.25) is 0 Å². The summed E-state index contributed by atoms with van der Waals surface area (Å²) in [6, 6.07) is 9.21. The van der Waals surface area contributed by atoms with Crippen molar-refractivity contribution < 1.29 is 28.6 Å². The molecule has 0 aliphatic carbocycles. The maximum atomic E-state index is 12.4.